The minimum Gasteiger partial charge on any atom is -0.391 e. The van der Waals surface area contributed by atoms with E-state index in [-0.39, 0.29) is 17.4 Å². The molecule has 9 heteroatoms. The van der Waals surface area contributed by atoms with Crippen LogP contribution in [0.1, 0.15) is 13.8 Å². The maximum atomic E-state index is 11.3. The monoisotopic (exact) mass is 234 g/mol. The number of hydrogen-bond acceptors (Lipinski definition) is 7. The van der Waals surface area contributed by atoms with Crippen molar-refractivity contribution in [3.8, 4) is 5.88 Å². The van der Waals surface area contributed by atoms with Gasteiger partial charge in [0.15, 0.2) is 11.5 Å². The van der Waals surface area contributed by atoms with Gasteiger partial charge in [-0.05, 0) is 13.8 Å². The highest BCUT2D eigenvalue weighted by Crippen LogP contribution is 2.36. The van der Waals surface area contributed by atoms with Crippen molar-refractivity contribution < 1.29 is 16.8 Å². The van der Waals surface area contributed by atoms with Crippen LogP contribution >= 0.6 is 0 Å². The van der Waals surface area contributed by atoms with Crippen molar-refractivity contribution >= 4 is 21.9 Å². The molecule has 15 heavy (non-hydrogen) atoms. The molecule has 0 unspecified atom stereocenters. The maximum absolute atomic E-state index is 11.3. The Hall–Kier alpha value is -1.48. The summed E-state index contributed by atoms with van der Waals surface area (Å²) in [6.07, 6.45) is 0. The van der Waals surface area contributed by atoms with Crippen molar-refractivity contribution in [2.45, 2.75) is 19.6 Å². The van der Waals surface area contributed by atoms with Gasteiger partial charge in [-0.1, -0.05) is 0 Å². The standard InChI is InChI=1S/C6H10N4O4S/c1-6(2)10-4(8)3(7)5(9-10)13-15(11,12)14-6/h7-8H2,1-2H3. The zero-order valence-electron chi connectivity index (χ0n) is 8.09. The molecule has 0 aliphatic carbocycles. The minimum atomic E-state index is -4.16. The van der Waals surface area contributed by atoms with Crippen LogP contribution in [-0.2, 0) is 20.3 Å². The Labute approximate surface area is 86.1 Å². The van der Waals surface area contributed by atoms with Gasteiger partial charge < -0.3 is 15.7 Å². The smallest absolute Gasteiger partial charge is 0.391 e. The fourth-order valence-corrected chi connectivity index (χ4v) is 2.21. The van der Waals surface area contributed by atoms with Gasteiger partial charge in [0, 0.05) is 0 Å². The van der Waals surface area contributed by atoms with Crippen LogP contribution in [0.4, 0.5) is 11.5 Å². The molecule has 1 aliphatic heterocycles. The fourth-order valence-electron chi connectivity index (χ4n) is 1.29. The Bertz CT molecular complexity index is 517. The van der Waals surface area contributed by atoms with Crippen LogP contribution in [0.25, 0.3) is 0 Å². The van der Waals surface area contributed by atoms with E-state index >= 15 is 0 Å². The summed E-state index contributed by atoms with van der Waals surface area (Å²) in [6, 6.07) is 0. The molecule has 4 N–H and O–H groups in total. The molecule has 0 atom stereocenters. The molecule has 84 valence electrons. The first-order valence-corrected chi connectivity index (χ1v) is 5.36. The maximum Gasteiger partial charge on any atom is 0.453 e. The molecule has 0 amide bonds. The number of nitrogen functional groups attached to an aromatic ring is 2. The molecule has 0 spiro atoms. The van der Waals surface area contributed by atoms with E-state index in [0.717, 1.165) is 4.68 Å². The first-order valence-electron chi connectivity index (χ1n) is 4.02. The van der Waals surface area contributed by atoms with E-state index in [1.54, 1.807) is 0 Å². The highest BCUT2D eigenvalue weighted by Gasteiger charge is 2.39. The van der Waals surface area contributed by atoms with Gasteiger partial charge in [-0.2, -0.15) is 8.42 Å². The number of anilines is 2. The molecule has 1 aliphatic rings. The lowest BCUT2D eigenvalue weighted by Crippen LogP contribution is -2.34. The molecule has 0 saturated heterocycles. The van der Waals surface area contributed by atoms with Crippen LogP contribution in [0.2, 0.25) is 0 Å². The second-order valence-corrected chi connectivity index (χ2v) is 4.69. The molecule has 8 nitrogen and oxygen atoms in total. The number of nitrogens with zero attached hydrogens (tertiary/aromatic N) is 2. The lowest BCUT2D eigenvalue weighted by Gasteiger charge is -2.23. The molecule has 0 aromatic carbocycles. The Balaban J connectivity index is 2.72. The molecule has 2 rings (SSSR count). The Kier molecular flexibility index (Phi) is 1.71. The Morgan fingerprint density at radius 3 is 2.60 bits per heavy atom. The number of hydrogen-bond donors (Lipinski definition) is 2. The Morgan fingerprint density at radius 2 is 2.00 bits per heavy atom. The summed E-state index contributed by atoms with van der Waals surface area (Å²) in [5.41, 5.74) is 9.83. The van der Waals surface area contributed by atoms with Crippen molar-refractivity contribution in [3.05, 3.63) is 0 Å². The van der Waals surface area contributed by atoms with Crippen molar-refractivity contribution in [2.24, 2.45) is 0 Å². The van der Waals surface area contributed by atoms with Crippen LogP contribution in [0.5, 0.6) is 5.88 Å². The van der Waals surface area contributed by atoms with E-state index in [9.17, 15) is 8.42 Å². The van der Waals surface area contributed by atoms with Crippen molar-refractivity contribution in [2.75, 3.05) is 11.5 Å². The first kappa shape index (κ1) is 10.1. The molecule has 0 radical (unpaired) electrons. The van der Waals surface area contributed by atoms with Gasteiger partial charge in [-0.25, -0.2) is 8.86 Å². The summed E-state index contributed by atoms with van der Waals surface area (Å²) in [5, 5.41) is 3.80. The highest BCUT2D eigenvalue weighted by molar-refractivity contribution is 7.82. The third-order valence-corrected chi connectivity index (χ3v) is 2.90. The van der Waals surface area contributed by atoms with E-state index in [1.807, 2.05) is 0 Å². The molecule has 2 heterocycles. The van der Waals surface area contributed by atoms with E-state index in [0.29, 0.717) is 0 Å². The van der Waals surface area contributed by atoms with Gasteiger partial charge in [0.2, 0.25) is 0 Å². The summed E-state index contributed by atoms with van der Waals surface area (Å²) in [5.74, 6) is -0.164. The van der Waals surface area contributed by atoms with E-state index in [4.69, 9.17) is 15.7 Å². The lowest BCUT2D eigenvalue weighted by molar-refractivity contribution is 0.0247. The summed E-state index contributed by atoms with van der Waals surface area (Å²) in [6.45, 7) is 2.96. The number of fused-ring (bicyclic) bond motifs is 2. The average Bonchev–Trinajstić information content (AvgIpc) is 2.28. The third-order valence-electron chi connectivity index (χ3n) is 1.92. The lowest BCUT2D eigenvalue weighted by atomic mass is 10.3. The Morgan fingerprint density at radius 1 is 1.40 bits per heavy atom. The van der Waals surface area contributed by atoms with Gasteiger partial charge in [0.1, 0.15) is 5.69 Å². The predicted molar refractivity (Wildman–Crippen MR) is 51.0 cm³/mol. The quantitative estimate of drug-likeness (QED) is 0.614. The van der Waals surface area contributed by atoms with Crippen molar-refractivity contribution in [1.82, 2.24) is 9.78 Å². The normalized spacial score (nSPS) is 21.7. The van der Waals surface area contributed by atoms with Gasteiger partial charge in [0.05, 0.1) is 0 Å². The summed E-state index contributed by atoms with van der Waals surface area (Å²) in [7, 11) is -4.16. The van der Waals surface area contributed by atoms with E-state index < -0.39 is 16.1 Å². The fraction of sp³-hybridized carbons (Fsp3) is 0.500. The molecular weight excluding hydrogens is 224 g/mol. The van der Waals surface area contributed by atoms with Gasteiger partial charge >= 0.3 is 10.4 Å². The zero-order valence-corrected chi connectivity index (χ0v) is 8.91. The second kappa shape index (κ2) is 2.55. The molecule has 1 aromatic heterocycles. The molecular formula is C6H10N4O4S. The van der Waals surface area contributed by atoms with Crippen LogP contribution in [0.15, 0.2) is 0 Å². The third kappa shape index (κ3) is 1.39. The average molecular weight is 234 g/mol. The molecule has 1 aromatic rings. The van der Waals surface area contributed by atoms with Crippen LogP contribution in [-0.4, -0.2) is 18.2 Å². The number of rotatable bonds is 0. The van der Waals surface area contributed by atoms with Gasteiger partial charge in [-0.15, -0.1) is 5.10 Å². The van der Waals surface area contributed by atoms with Gasteiger partial charge in [-0.3, -0.25) is 0 Å². The summed E-state index contributed by atoms with van der Waals surface area (Å²) in [4.78, 5) is 0. The van der Waals surface area contributed by atoms with Crippen LogP contribution in [0.3, 0.4) is 0 Å². The van der Waals surface area contributed by atoms with E-state index in [1.165, 1.54) is 13.8 Å². The van der Waals surface area contributed by atoms with Crippen molar-refractivity contribution in [3.63, 3.8) is 0 Å². The summed E-state index contributed by atoms with van der Waals surface area (Å²) < 4.78 is 32.9. The number of aromatic nitrogens is 2. The molecule has 2 bridgehead atoms. The molecule has 0 saturated carbocycles. The second-order valence-electron chi connectivity index (χ2n) is 3.54. The topological polar surface area (TPSA) is 122 Å². The van der Waals surface area contributed by atoms with Crippen LogP contribution in [0, 0.1) is 0 Å². The van der Waals surface area contributed by atoms with Gasteiger partial charge in [0.25, 0.3) is 5.88 Å². The molecule has 0 fully saturated rings. The predicted octanol–water partition coefficient (Wildman–Crippen LogP) is -0.606. The summed E-state index contributed by atoms with van der Waals surface area (Å²) >= 11 is 0. The first-order chi connectivity index (χ1) is 6.73. The minimum absolute atomic E-state index is 0.0186. The highest BCUT2D eigenvalue weighted by atomic mass is 32.3. The van der Waals surface area contributed by atoms with Crippen LogP contribution < -0.4 is 15.7 Å². The SMILES string of the molecule is CC1(C)OS(=O)(=O)Oc2nn1c(N)c2N. The van der Waals surface area contributed by atoms with Crippen molar-refractivity contribution in [1.29, 1.82) is 0 Å². The zero-order chi connectivity index (χ0) is 11.4. The largest absolute Gasteiger partial charge is 0.453 e. The van der Waals surface area contributed by atoms with E-state index in [2.05, 4.69) is 9.28 Å². The number of nitrogens with two attached hydrogens (primary N) is 2.